The number of ether oxygens (including phenoxy) is 1. The van der Waals surface area contributed by atoms with Crippen molar-refractivity contribution in [1.29, 1.82) is 0 Å². The van der Waals surface area contributed by atoms with Crippen molar-refractivity contribution in [3.05, 3.63) is 22.9 Å². The lowest BCUT2D eigenvalue weighted by atomic mass is 10.1. The fraction of sp³-hybridized carbons (Fsp3) is 0.455. The molecule has 0 N–H and O–H groups in total. The quantitative estimate of drug-likeness (QED) is 0.827. The number of ketones is 1. The van der Waals surface area contributed by atoms with Crippen LogP contribution in [0.4, 0.5) is 0 Å². The number of aromatic nitrogens is 1. The summed E-state index contributed by atoms with van der Waals surface area (Å²) in [4.78, 5) is 15.4. The zero-order valence-corrected chi connectivity index (χ0v) is 10.5. The van der Waals surface area contributed by atoms with Gasteiger partial charge in [-0.25, -0.2) is 0 Å². The highest BCUT2D eigenvalue weighted by Crippen LogP contribution is 2.16. The van der Waals surface area contributed by atoms with E-state index < -0.39 is 0 Å². The Labute approximate surface area is 98.0 Å². The average molecular weight is 272 g/mol. The van der Waals surface area contributed by atoms with E-state index in [-0.39, 0.29) is 18.3 Å². The van der Waals surface area contributed by atoms with Crippen LogP contribution in [-0.2, 0) is 4.79 Å². The van der Waals surface area contributed by atoms with E-state index in [0.717, 1.165) is 10.9 Å². The maximum absolute atomic E-state index is 11.5. The molecule has 1 atom stereocenters. The summed E-state index contributed by atoms with van der Waals surface area (Å²) in [6.07, 6.45) is 4.11. The summed E-state index contributed by atoms with van der Waals surface area (Å²) < 4.78 is 6.17. The van der Waals surface area contributed by atoms with Gasteiger partial charge >= 0.3 is 0 Å². The smallest absolute Gasteiger partial charge is 0.172 e. The van der Waals surface area contributed by atoms with Crippen LogP contribution in [0.15, 0.2) is 22.9 Å². The second kappa shape index (κ2) is 5.85. The summed E-state index contributed by atoms with van der Waals surface area (Å²) >= 11 is 3.28. The first-order chi connectivity index (χ1) is 7.13. The molecule has 1 aromatic heterocycles. The summed E-state index contributed by atoms with van der Waals surface area (Å²) in [5.74, 6) is 0.795. The molecule has 0 fully saturated rings. The van der Waals surface area contributed by atoms with Crippen molar-refractivity contribution >= 4 is 21.7 Å². The van der Waals surface area contributed by atoms with Crippen LogP contribution in [0.1, 0.15) is 20.3 Å². The third-order valence-electron chi connectivity index (χ3n) is 2.22. The molecule has 0 aromatic carbocycles. The van der Waals surface area contributed by atoms with Gasteiger partial charge in [0, 0.05) is 16.6 Å². The minimum absolute atomic E-state index is 0.0603. The number of rotatable bonds is 5. The van der Waals surface area contributed by atoms with Gasteiger partial charge in [0.05, 0.1) is 6.20 Å². The summed E-state index contributed by atoms with van der Waals surface area (Å²) in [6.45, 7) is 4.02. The standard InChI is InChI=1S/C11H14BrNO2/c1-3-8(2)11(14)7-15-10-4-9(12)5-13-6-10/h4-6,8H,3,7H2,1-2H3. The highest BCUT2D eigenvalue weighted by molar-refractivity contribution is 9.10. The van der Waals surface area contributed by atoms with Gasteiger partial charge < -0.3 is 4.74 Å². The van der Waals surface area contributed by atoms with Crippen LogP contribution in [0.5, 0.6) is 5.75 Å². The van der Waals surface area contributed by atoms with Crippen LogP contribution >= 0.6 is 15.9 Å². The van der Waals surface area contributed by atoms with E-state index >= 15 is 0 Å². The molecule has 4 heteroatoms. The second-order valence-electron chi connectivity index (χ2n) is 3.40. The molecule has 0 spiro atoms. The van der Waals surface area contributed by atoms with E-state index in [0.29, 0.717) is 5.75 Å². The summed E-state index contributed by atoms with van der Waals surface area (Å²) in [5, 5.41) is 0. The Morgan fingerprint density at radius 2 is 2.33 bits per heavy atom. The molecular weight excluding hydrogens is 258 g/mol. The summed E-state index contributed by atoms with van der Waals surface area (Å²) in [5.41, 5.74) is 0. The molecule has 0 radical (unpaired) electrons. The topological polar surface area (TPSA) is 39.2 Å². The second-order valence-corrected chi connectivity index (χ2v) is 4.32. The Balaban J connectivity index is 2.47. The molecule has 0 aliphatic heterocycles. The molecule has 0 aliphatic carbocycles. The van der Waals surface area contributed by atoms with Gasteiger partial charge in [0.2, 0.25) is 0 Å². The van der Waals surface area contributed by atoms with Gasteiger partial charge in [-0.1, -0.05) is 13.8 Å². The third-order valence-corrected chi connectivity index (χ3v) is 2.66. The van der Waals surface area contributed by atoms with Gasteiger partial charge in [-0.3, -0.25) is 9.78 Å². The Hall–Kier alpha value is -0.900. The zero-order valence-electron chi connectivity index (χ0n) is 8.87. The predicted molar refractivity (Wildman–Crippen MR) is 61.9 cm³/mol. The highest BCUT2D eigenvalue weighted by Gasteiger charge is 2.11. The largest absolute Gasteiger partial charge is 0.484 e. The van der Waals surface area contributed by atoms with Gasteiger partial charge in [0.15, 0.2) is 5.78 Å². The lowest BCUT2D eigenvalue weighted by Gasteiger charge is -2.08. The lowest BCUT2D eigenvalue weighted by molar-refractivity contribution is -0.124. The maximum Gasteiger partial charge on any atom is 0.172 e. The summed E-state index contributed by atoms with van der Waals surface area (Å²) in [6, 6.07) is 1.79. The molecule has 15 heavy (non-hydrogen) atoms. The van der Waals surface area contributed by atoms with Gasteiger partial charge in [-0.15, -0.1) is 0 Å². The van der Waals surface area contributed by atoms with E-state index in [2.05, 4.69) is 20.9 Å². The molecular formula is C11H14BrNO2. The normalized spacial score (nSPS) is 12.2. The Bertz CT molecular complexity index is 341. The van der Waals surface area contributed by atoms with Crippen LogP contribution in [0.25, 0.3) is 0 Å². The Kier molecular flexibility index (Phi) is 4.75. The molecule has 1 heterocycles. The SMILES string of the molecule is CCC(C)C(=O)COc1cncc(Br)c1. The maximum atomic E-state index is 11.5. The monoisotopic (exact) mass is 271 g/mol. The molecule has 82 valence electrons. The van der Waals surface area contributed by atoms with Crippen molar-refractivity contribution in [1.82, 2.24) is 4.98 Å². The van der Waals surface area contributed by atoms with Crippen LogP contribution in [0.2, 0.25) is 0 Å². The molecule has 0 saturated carbocycles. The van der Waals surface area contributed by atoms with Crippen LogP contribution in [0, 0.1) is 5.92 Å². The van der Waals surface area contributed by atoms with Crippen molar-refractivity contribution in [2.75, 3.05) is 6.61 Å². The molecule has 1 unspecified atom stereocenters. The van der Waals surface area contributed by atoms with Crippen molar-refractivity contribution in [3.8, 4) is 5.75 Å². The van der Waals surface area contributed by atoms with Crippen LogP contribution < -0.4 is 4.74 Å². The minimum Gasteiger partial charge on any atom is -0.484 e. The van der Waals surface area contributed by atoms with Gasteiger partial charge in [-0.2, -0.15) is 0 Å². The van der Waals surface area contributed by atoms with Crippen molar-refractivity contribution < 1.29 is 9.53 Å². The lowest BCUT2D eigenvalue weighted by Crippen LogP contribution is -2.18. The van der Waals surface area contributed by atoms with Gasteiger partial charge in [0.1, 0.15) is 12.4 Å². The first-order valence-corrected chi connectivity index (χ1v) is 5.68. The van der Waals surface area contributed by atoms with Gasteiger partial charge in [0.25, 0.3) is 0 Å². The van der Waals surface area contributed by atoms with Crippen LogP contribution in [-0.4, -0.2) is 17.4 Å². The first kappa shape index (κ1) is 12.2. The number of carbonyl (C=O) groups excluding carboxylic acids is 1. The van der Waals surface area contributed by atoms with Crippen LogP contribution in [0.3, 0.4) is 0 Å². The number of nitrogens with zero attached hydrogens (tertiary/aromatic N) is 1. The molecule has 0 bridgehead atoms. The van der Waals surface area contributed by atoms with Crippen molar-refractivity contribution in [2.24, 2.45) is 5.92 Å². The van der Waals surface area contributed by atoms with E-state index in [1.807, 2.05) is 13.8 Å². The number of hydrogen-bond acceptors (Lipinski definition) is 3. The predicted octanol–water partition coefficient (Wildman–Crippen LogP) is 2.84. The fourth-order valence-corrected chi connectivity index (χ4v) is 1.34. The number of hydrogen-bond donors (Lipinski definition) is 0. The van der Waals surface area contributed by atoms with Crippen molar-refractivity contribution in [2.45, 2.75) is 20.3 Å². The number of halogens is 1. The van der Waals surface area contributed by atoms with E-state index in [9.17, 15) is 4.79 Å². The number of carbonyl (C=O) groups is 1. The van der Waals surface area contributed by atoms with Crippen molar-refractivity contribution in [3.63, 3.8) is 0 Å². The molecule has 0 amide bonds. The van der Waals surface area contributed by atoms with E-state index in [1.165, 1.54) is 0 Å². The zero-order chi connectivity index (χ0) is 11.3. The van der Waals surface area contributed by atoms with Gasteiger partial charge in [-0.05, 0) is 28.4 Å². The Morgan fingerprint density at radius 3 is 2.93 bits per heavy atom. The van der Waals surface area contributed by atoms with E-state index in [1.54, 1.807) is 18.5 Å². The number of Topliss-reactive ketones (excluding diaryl/α,β-unsaturated/α-hetero) is 1. The molecule has 1 aromatic rings. The molecule has 0 aliphatic rings. The Morgan fingerprint density at radius 1 is 1.60 bits per heavy atom. The third kappa shape index (κ3) is 4.00. The summed E-state index contributed by atoms with van der Waals surface area (Å²) in [7, 11) is 0. The van der Waals surface area contributed by atoms with E-state index in [4.69, 9.17) is 4.74 Å². The molecule has 3 nitrogen and oxygen atoms in total. The molecule has 0 saturated heterocycles. The first-order valence-electron chi connectivity index (χ1n) is 4.89. The molecule has 1 rings (SSSR count). The minimum atomic E-state index is 0.0603. The highest BCUT2D eigenvalue weighted by atomic mass is 79.9. The average Bonchev–Trinajstić information content (AvgIpc) is 2.25. The number of pyridine rings is 1. The fourth-order valence-electron chi connectivity index (χ4n) is 0.996.